The molecule has 3 nitrogen and oxygen atoms in total. The van der Waals surface area contributed by atoms with Gasteiger partial charge < -0.3 is 0 Å². The molecule has 0 unspecified atom stereocenters. The largest absolute Gasteiger partial charge is 0.215 e. The van der Waals surface area contributed by atoms with Crippen molar-refractivity contribution in [3.8, 4) is 0 Å². The van der Waals surface area contributed by atoms with E-state index < -0.39 is 10.0 Å². The number of halogens is 1. The molecule has 0 aromatic heterocycles. The summed E-state index contributed by atoms with van der Waals surface area (Å²) in [4.78, 5) is 0. The fourth-order valence-corrected chi connectivity index (χ4v) is 4.08. The molecule has 1 aliphatic rings. The highest BCUT2D eigenvalue weighted by Crippen LogP contribution is 2.25. The highest BCUT2D eigenvalue weighted by atomic mass is 32.2. The van der Waals surface area contributed by atoms with Crippen LogP contribution in [0.3, 0.4) is 0 Å². The number of hydrogen-bond acceptors (Lipinski definition) is 2. The molecule has 1 N–H and O–H groups in total. The Morgan fingerprint density at radius 2 is 1.67 bits per heavy atom. The van der Waals surface area contributed by atoms with Crippen molar-refractivity contribution in [3.63, 3.8) is 0 Å². The molecule has 0 radical (unpaired) electrons. The van der Waals surface area contributed by atoms with Gasteiger partial charge in [0.1, 0.15) is 5.82 Å². The highest BCUT2D eigenvalue weighted by molar-refractivity contribution is 7.88. The van der Waals surface area contributed by atoms with Crippen LogP contribution in [-0.2, 0) is 15.8 Å². The maximum absolute atomic E-state index is 12.8. The zero-order valence-electron chi connectivity index (χ0n) is 12.4. The summed E-state index contributed by atoms with van der Waals surface area (Å²) in [5.74, 6) is 0.219. The van der Waals surface area contributed by atoms with E-state index in [0.717, 1.165) is 6.42 Å². The Hall–Kier alpha value is -0.940. The summed E-state index contributed by atoms with van der Waals surface area (Å²) in [6.07, 6.45) is 8.53. The van der Waals surface area contributed by atoms with Gasteiger partial charge in [-0.3, -0.25) is 0 Å². The third kappa shape index (κ3) is 6.14. The molecule has 0 aliphatic heterocycles. The summed E-state index contributed by atoms with van der Waals surface area (Å²) < 4.78 is 39.4. The molecule has 1 saturated carbocycles. The average molecular weight is 313 g/mol. The summed E-state index contributed by atoms with van der Waals surface area (Å²) in [7, 11) is -3.33. The van der Waals surface area contributed by atoms with E-state index in [1.807, 2.05) is 0 Å². The predicted octanol–water partition coefficient (Wildman–Crippen LogP) is 3.61. The molecule has 2 rings (SSSR count). The molecular formula is C16H24FNO2S. The van der Waals surface area contributed by atoms with Gasteiger partial charge in [0.15, 0.2) is 0 Å². The van der Waals surface area contributed by atoms with Crippen LogP contribution in [0.5, 0.6) is 0 Å². The van der Waals surface area contributed by atoms with Crippen LogP contribution in [-0.4, -0.2) is 15.0 Å². The molecule has 118 valence electrons. The molecule has 0 saturated heterocycles. The first-order valence-electron chi connectivity index (χ1n) is 7.77. The zero-order chi connectivity index (χ0) is 15.1. The lowest BCUT2D eigenvalue weighted by Gasteiger charge is -2.14. The number of sulfonamides is 1. The predicted molar refractivity (Wildman–Crippen MR) is 82.8 cm³/mol. The second kappa shape index (κ2) is 7.90. The lowest BCUT2D eigenvalue weighted by atomic mass is 9.97. The second-order valence-electron chi connectivity index (χ2n) is 5.93. The lowest BCUT2D eigenvalue weighted by Crippen LogP contribution is -2.27. The molecule has 0 spiro atoms. The first-order valence-corrected chi connectivity index (χ1v) is 9.42. The monoisotopic (exact) mass is 313 g/mol. The van der Waals surface area contributed by atoms with E-state index in [1.165, 1.54) is 62.8 Å². The van der Waals surface area contributed by atoms with E-state index in [-0.39, 0.29) is 11.6 Å². The fraction of sp³-hybridized carbons (Fsp3) is 0.625. The lowest BCUT2D eigenvalue weighted by molar-refractivity contribution is 0.427. The molecule has 0 heterocycles. The van der Waals surface area contributed by atoms with Gasteiger partial charge in [-0.25, -0.2) is 17.5 Å². The molecule has 1 aromatic rings. The first kappa shape index (κ1) is 16.4. The van der Waals surface area contributed by atoms with Crippen molar-refractivity contribution in [2.24, 2.45) is 5.92 Å². The Balaban J connectivity index is 1.76. The van der Waals surface area contributed by atoms with Crippen molar-refractivity contribution in [2.45, 2.75) is 50.7 Å². The van der Waals surface area contributed by atoms with Crippen LogP contribution in [0.25, 0.3) is 0 Å². The normalized spacial score (nSPS) is 17.6. The summed E-state index contributed by atoms with van der Waals surface area (Å²) in [5.41, 5.74) is 0.610. The van der Waals surface area contributed by atoms with Gasteiger partial charge in [0, 0.05) is 6.54 Å². The van der Waals surface area contributed by atoms with Crippen LogP contribution in [0.1, 0.15) is 50.5 Å². The van der Waals surface area contributed by atoms with Gasteiger partial charge in [0.2, 0.25) is 10.0 Å². The molecule has 0 atom stereocenters. The zero-order valence-corrected chi connectivity index (χ0v) is 13.2. The Labute approximate surface area is 127 Å². The van der Waals surface area contributed by atoms with Crippen molar-refractivity contribution in [2.75, 3.05) is 6.54 Å². The highest BCUT2D eigenvalue weighted by Gasteiger charge is 2.15. The Bertz CT molecular complexity index is 520. The molecule has 0 amide bonds. The quantitative estimate of drug-likeness (QED) is 0.816. The first-order chi connectivity index (χ1) is 10.1. The van der Waals surface area contributed by atoms with Crippen molar-refractivity contribution < 1.29 is 12.8 Å². The maximum Gasteiger partial charge on any atom is 0.215 e. The summed E-state index contributed by atoms with van der Waals surface area (Å²) in [5, 5.41) is 0. The van der Waals surface area contributed by atoms with E-state index in [1.54, 1.807) is 0 Å². The van der Waals surface area contributed by atoms with E-state index in [9.17, 15) is 12.8 Å². The number of hydrogen-bond donors (Lipinski definition) is 1. The van der Waals surface area contributed by atoms with Gasteiger partial charge in [-0.1, -0.05) is 50.7 Å². The molecular weight excluding hydrogens is 289 g/mol. The SMILES string of the molecule is O=S(=O)(Cc1ccc(F)cc1)NCCC1CCCCCC1. The van der Waals surface area contributed by atoms with Gasteiger partial charge in [-0.2, -0.15) is 0 Å². The van der Waals surface area contributed by atoms with Crippen LogP contribution in [0.2, 0.25) is 0 Å². The second-order valence-corrected chi connectivity index (χ2v) is 7.73. The van der Waals surface area contributed by atoms with Gasteiger partial charge in [0.05, 0.1) is 5.75 Å². The standard InChI is InChI=1S/C16H24FNO2S/c17-16-9-7-15(8-10-16)13-21(19,20)18-12-11-14-5-3-1-2-4-6-14/h7-10,14,18H,1-6,11-13H2. The minimum absolute atomic E-state index is 0.0854. The van der Waals surface area contributed by atoms with Gasteiger partial charge >= 0.3 is 0 Å². The van der Waals surface area contributed by atoms with Crippen LogP contribution >= 0.6 is 0 Å². The van der Waals surface area contributed by atoms with E-state index in [2.05, 4.69) is 4.72 Å². The van der Waals surface area contributed by atoms with Crippen molar-refractivity contribution in [1.29, 1.82) is 0 Å². The Kier molecular flexibility index (Phi) is 6.18. The van der Waals surface area contributed by atoms with E-state index >= 15 is 0 Å². The summed E-state index contributed by atoms with van der Waals surface area (Å²) >= 11 is 0. The van der Waals surface area contributed by atoms with Crippen LogP contribution in [0.4, 0.5) is 4.39 Å². The number of benzene rings is 1. The fourth-order valence-electron chi connectivity index (χ4n) is 2.92. The molecule has 1 aromatic carbocycles. The molecule has 21 heavy (non-hydrogen) atoms. The summed E-state index contributed by atoms with van der Waals surface area (Å²) in [6, 6.07) is 5.60. The molecule has 0 bridgehead atoms. The van der Waals surface area contributed by atoms with E-state index in [0.29, 0.717) is 18.0 Å². The third-order valence-electron chi connectivity index (χ3n) is 4.12. The van der Waals surface area contributed by atoms with Crippen molar-refractivity contribution >= 4 is 10.0 Å². The van der Waals surface area contributed by atoms with Crippen LogP contribution in [0.15, 0.2) is 24.3 Å². The number of rotatable bonds is 6. The average Bonchev–Trinajstić information content (AvgIpc) is 2.70. The molecule has 1 aliphatic carbocycles. The minimum Gasteiger partial charge on any atom is -0.215 e. The maximum atomic E-state index is 12.8. The van der Waals surface area contributed by atoms with E-state index in [4.69, 9.17) is 0 Å². The van der Waals surface area contributed by atoms with Gasteiger partial charge in [-0.15, -0.1) is 0 Å². The van der Waals surface area contributed by atoms with Crippen molar-refractivity contribution in [3.05, 3.63) is 35.6 Å². The third-order valence-corrected chi connectivity index (χ3v) is 5.48. The van der Waals surface area contributed by atoms with Crippen LogP contribution in [0, 0.1) is 11.7 Å². The Morgan fingerprint density at radius 1 is 1.05 bits per heavy atom. The summed E-state index contributed by atoms with van der Waals surface area (Å²) in [6.45, 7) is 0.508. The van der Waals surface area contributed by atoms with Crippen molar-refractivity contribution in [1.82, 2.24) is 4.72 Å². The Morgan fingerprint density at radius 3 is 2.29 bits per heavy atom. The van der Waals surface area contributed by atoms with Gasteiger partial charge in [0.25, 0.3) is 0 Å². The molecule has 1 fully saturated rings. The van der Waals surface area contributed by atoms with Crippen LogP contribution < -0.4 is 4.72 Å². The van der Waals surface area contributed by atoms with Gasteiger partial charge in [-0.05, 0) is 30.0 Å². The minimum atomic E-state index is -3.33. The molecule has 5 heteroatoms. The number of nitrogens with one attached hydrogen (secondary N) is 1. The smallest absolute Gasteiger partial charge is 0.215 e. The topological polar surface area (TPSA) is 46.2 Å².